The van der Waals surface area contributed by atoms with Gasteiger partial charge in [0.05, 0.1) is 0 Å². The number of hydrogen-bond donors (Lipinski definition) is 2. The van der Waals surface area contributed by atoms with Gasteiger partial charge in [0.25, 0.3) is 0 Å². The summed E-state index contributed by atoms with van der Waals surface area (Å²) < 4.78 is 0. The first-order valence-corrected chi connectivity index (χ1v) is 5.05. The highest BCUT2D eigenvalue weighted by molar-refractivity contribution is 7.99. The fourth-order valence-corrected chi connectivity index (χ4v) is 2.48. The van der Waals surface area contributed by atoms with Gasteiger partial charge in [0.1, 0.15) is 0 Å². The summed E-state index contributed by atoms with van der Waals surface area (Å²) in [7, 11) is 0. The third kappa shape index (κ3) is 3.12. The molecule has 1 fully saturated rings. The van der Waals surface area contributed by atoms with Crippen molar-refractivity contribution in [3.63, 3.8) is 0 Å². The molecule has 0 aliphatic carbocycles. The molecule has 1 aliphatic rings. The molecule has 0 aromatic heterocycles. The molecule has 1 saturated heterocycles. The zero-order valence-electron chi connectivity index (χ0n) is 6.51. The summed E-state index contributed by atoms with van der Waals surface area (Å²) in [5.74, 6) is 7.92. The van der Waals surface area contributed by atoms with Crippen LogP contribution in [-0.2, 0) is 4.79 Å². The lowest BCUT2D eigenvalue weighted by Crippen LogP contribution is -2.32. The lowest BCUT2D eigenvalue weighted by Gasteiger charge is -2.19. The van der Waals surface area contributed by atoms with Gasteiger partial charge < -0.3 is 0 Å². The standard InChI is InChI=1S/C7H14N2OS/c8-9-7(10)5-6-1-3-11-4-2-6/h6H,1-5,8H2,(H,9,10). The minimum absolute atomic E-state index is 0.0260. The van der Waals surface area contributed by atoms with Gasteiger partial charge in [-0.2, -0.15) is 11.8 Å². The maximum atomic E-state index is 10.8. The molecule has 3 N–H and O–H groups in total. The molecule has 3 nitrogen and oxygen atoms in total. The molecule has 1 amide bonds. The second-order valence-corrected chi connectivity index (χ2v) is 4.05. The van der Waals surface area contributed by atoms with Crippen molar-refractivity contribution in [2.45, 2.75) is 19.3 Å². The Hall–Kier alpha value is -0.220. The highest BCUT2D eigenvalue weighted by atomic mass is 32.2. The Bertz CT molecular complexity index is 134. The van der Waals surface area contributed by atoms with E-state index < -0.39 is 0 Å². The Kier molecular flexibility index (Phi) is 3.72. The second-order valence-electron chi connectivity index (χ2n) is 2.83. The van der Waals surface area contributed by atoms with Gasteiger partial charge in [0.2, 0.25) is 5.91 Å². The Morgan fingerprint density at radius 3 is 2.73 bits per heavy atom. The van der Waals surface area contributed by atoms with Crippen molar-refractivity contribution in [1.29, 1.82) is 0 Å². The smallest absolute Gasteiger partial charge is 0.234 e. The van der Waals surface area contributed by atoms with Crippen LogP contribution in [0.3, 0.4) is 0 Å². The molecule has 11 heavy (non-hydrogen) atoms. The minimum atomic E-state index is -0.0260. The lowest BCUT2D eigenvalue weighted by atomic mass is 9.99. The van der Waals surface area contributed by atoms with E-state index in [1.165, 1.54) is 11.5 Å². The molecule has 0 aromatic carbocycles. The molecule has 1 aliphatic heterocycles. The summed E-state index contributed by atoms with van der Waals surface area (Å²) in [4.78, 5) is 10.8. The fourth-order valence-electron chi connectivity index (χ4n) is 1.27. The first kappa shape index (κ1) is 8.87. The molecular weight excluding hydrogens is 160 g/mol. The molecule has 1 rings (SSSR count). The predicted octanol–water partition coefficient (Wildman–Crippen LogP) is 0.510. The van der Waals surface area contributed by atoms with Gasteiger partial charge in [-0.25, -0.2) is 5.84 Å². The van der Waals surface area contributed by atoms with E-state index in [0.29, 0.717) is 12.3 Å². The molecule has 0 unspecified atom stereocenters. The van der Waals surface area contributed by atoms with E-state index in [4.69, 9.17) is 5.84 Å². The number of nitrogens with two attached hydrogens (primary N) is 1. The number of carbonyl (C=O) groups excluding carboxylic acids is 1. The fraction of sp³-hybridized carbons (Fsp3) is 0.857. The van der Waals surface area contributed by atoms with Crippen molar-refractivity contribution in [2.24, 2.45) is 11.8 Å². The highest BCUT2D eigenvalue weighted by Gasteiger charge is 2.16. The normalized spacial score (nSPS) is 19.7. The molecule has 4 heteroatoms. The van der Waals surface area contributed by atoms with Crippen molar-refractivity contribution in [3.8, 4) is 0 Å². The van der Waals surface area contributed by atoms with Crippen molar-refractivity contribution >= 4 is 17.7 Å². The van der Waals surface area contributed by atoms with Crippen molar-refractivity contribution in [3.05, 3.63) is 0 Å². The Labute approximate surface area is 71.1 Å². The number of hydrogen-bond acceptors (Lipinski definition) is 3. The van der Waals surface area contributed by atoms with Crippen LogP contribution in [0.5, 0.6) is 0 Å². The number of amides is 1. The topological polar surface area (TPSA) is 55.1 Å². The highest BCUT2D eigenvalue weighted by Crippen LogP contribution is 2.24. The van der Waals surface area contributed by atoms with Crippen LogP contribution < -0.4 is 11.3 Å². The molecule has 1 heterocycles. The van der Waals surface area contributed by atoms with Gasteiger partial charge in [-0.1, -0.05) is 0 Å². The zero-order valence-corrected chi connectivity index (χ0v) is 7.32. The molecule has 0 atom stereocenters. The molecular formula is C7H14N2OS. The summed E-state index contributed by atoms with van der Waals surface area (Å²) in [5, 5.41) is 0. The van der Waals surface area contributed by atoms with Crippen LogP contribution in [-0.4, -0.2) is 17.4 Å². The molecule has 0 spiro atoms. The van der Waals surface area contributed by atoms with E-state index in [2.05, 4.69) is 5.43 Å². The Morgan fingerprint density at radius 1 is 1.55 bits per heavy atom. The van der Waals surface area contributed by atoms with E-state index >= 15 is 0 Å². The van der Waals surface area contributed by atoms with E-state index in [-0.39, 0.29) is 5.91 Å². The van der Waals surface area contributed by atoms with Crippen molar-refractivity contribution in [1.82, 2.24) is 5.43 Å². The average Bonchev–Trinajstić information content (AvgIpc) is 2.06. The summed E-state index contributed by atoms with van der Waals surface area (Å²) in [6, 6.07) is 0. The second kappa shape index (κ2) is 4.62. The van der Waals surface area contributed by atoms with Crippen LogP contribution in [0.4, 0.5) is 0 Å². The van der Waals surface area contributed by atoms with E-state index in [9.17, 15) is 4.79 Å². The van der Waals surface area contributed by atoms with Crippen LogP contribution in [0.15, 0.2) is 0 Å². The maximum Gasteiger partial charge on any atom is 0.234 e. The summed E-state index contributed by atoms with van der Waals surface area (Å²) in [6.07, 6.45) is 2.94. The Balaban J connectivity index is 2.19. The van der Waals surface area contributed by atoms with Gasteiger partial charge in [0, 0.05) is 6.42 Å². The SMILES string of the molecule is NNC(=O)CC1CCSCC1. The quantitative estimate of drug-likeness (QED) is 0.364. The summed E-state index contributed by atoms with van der Waals surface area (Å²) >= 11 is 1.97. The number of rotatable bonds is 2. The number of nitrogens with one attached hydrogen (secondary N) is 1. The summed E-state index contributed by atoms with van der Waals surface area (Å²) in [6.45, 7) is 0. The van der Waals surface area contributed by atoms with E-state index in [1.54, 1.807) is 0 Å². The van der Waals surface area contributed by atoms with Gasteiger partial charge in [-0.05, 0) is 30.3 Å². The predicted molar refractivity (Wildman–Crippen MR) is 47.0 cm³/mol. The van der Waals surface area contributed by atoms with Gasteiger partial charge in [-0.15, -0.1) is 0 Å². The molecule has 0 radical (unpaired) electrons. The van der Waals surface area contributed by atoms with Crippen LogP contribution in [0.25, 0.3) is 0 Å². The van der Waals surface area contributed by atoms with Gasteiger partial charge in [-0.3, -0.25) is 10.2 Å². The largest absolute Gasteiger partial charge is 0.294 e. The maximum absolute atomic E-state index is 10.8. The van der Waals surface area contributed by atoms with E-state index in [0.717, 1.165) is 12.8 Å². The number of hydrazine groups is 1. The first-order valence-electron chi connectivity index (χ1n) is 3.90. The van der Waals surface area contributed by atoms with Crippen LogP contribution in [0, 0.1) is 5.92 Å². The van der Waals surface area contributed by atoms with Crippen molar-refractivity contribution in [2.75, 3.05) is 11.5 Å². The van der Waals surface area contributed by atoms with Gasteiger partial charge >= 0.3 is 0 Å². The Morgan fingerprint density at radius 2 is 2.18 bits per heavy atom. The minimum Gasteiger partial charge on any atom is -0.294 e. The monoisotopic (exact) mass is 174 g/mol. The molecule has 0 saturated carbocycles. The molecule has 0 bridgehead atoms. The molecule has 0 aromatic rings. The molecule has 64 valence electrons. The van der Waals surface area contributed by atoms with E-state index in [1.807, 2.05) is 11.8 Å². The first-order chi connectivity index (χ1) is 5.33. The van der Waals surface area contributed by atoms with Crippen LogP contribution in [0.2, 0.25) is 0 Å². The lowest BCUT2D eigenvalue weighted by molar-refractivity contribution is -0.122. The number of carbonyl (C=O) groups is 1. The third-order valence-corrected chi connectivity index (χ3v) is 3.02. The summed E-state index contributed by atoms with van der Waals surface area (Å²) in [5.41, 5.74) is 2.17. The van der Waals surface area contributed by atoms with Crippen LogP contribution in [0.1, 0.15) is 19.3 Å². The van der Waals surface area contributed by atoms with Crippen molar-refractivity contribution < 1.29 is 4.79 Å². The average molecular weight is 174 g/mol. The zero-order chi connectivity index (χ0) is 8.10. The third-order valence-electron chi connectivity index (χ3n) is 1.98. The number of thioether (sulfide) groups is 1. The van der Waals surface area contributed by atoms with Crippen LogP contribution >= 0.6 is 11.8 Å². The van der Waals surface area contributed by atoms with Gasteiger partial charge in [0.15, 0.2) is 0 Å².